The van der Waals surface area contributed by atoms with Crippen LogP contribution in [0.5, 0.6) is 0 Å². The van der Waals surface area contributed by atoms with Gasteiger partial charge in [-0.25, -0.2) is 4.79 Å². The van der Waals surface area contributed by atoms with Crippen molar-refractivity contribution in [2.24, 2.45) is 0 Å². The zero-order valence-electron chi connectivity index (χ0n) is 10.6. The predicted octanol–water partition coefficient (Wildman–Crippen LogP) is 4.14. The number of hydrogen-bond donors (Lipinski definition) is 2. The Bertz CT molecular complexity index is 481. The summed E-state index contributed by atoms with van der Waals surface area (Å²) >= 11 is 0. The topological polar surface area (TPSA) is 41.1 Å². The second-order valence-electron chi connectivity index (χ2n) is 3.99. The normalized spacial score (nSPS) is 12.2. The fourth-order valence-electron chi connectivity index (χ4n) is 1.29. The summed E-state index contributed by atoms with van der Waals surface area (Å²) in [5.41, 5.74) is -0.226. The molecular formula is C13H15F3N2O. The SMILES string of the molecule is CC/C(C)=C/NC(=O)Nc1ccccc1C(F)(F)F. The molecule has 0 radical (unpaired) electrons. The quantitative estimate of drug-likeness (QED) is 0.853. The standard InChI is InChI=1S/C13H15F3N2O/c1-3-9(2)8-17-12(19)18-11-7-5-4-6-10(11)13(14,15)16/h4-8H,3H2,1-2H3,(H2,17,18,19)/b9-8+. The van der Waals surface area contributed by atoms with E-state index >= 15 is 0 Å². The number of carbonyl (C=O) groups excluding carboxylic acids is 1. The molecule has 0 aromatic heterocycles. The Hall–Kier alpha value is -1.98. The van der Waals surface area contributed by atoms with Gasteiger partial charge in [0.25, 0.3) is 0 Å². The molecule has 1 aromatic carbocycles. The fourth-order valence-corrected chi connectivity index (χ4v) is 1.29. The van der Waals surface area contributed by atoms with Crippen molar-refractivity contribution >= 4 is 11.7 Å². The maximum absolute atomic E-state index is 12.7. The summed E-state index contributed by atoms with van der Waals surface area (Å²) in [7, 11) is 0. The Morgan fingerprint density at radius 1 is 1.32 bits per heavy atom. The van der Waals surface area contributed by atoms with Crippen LogP contribution in [0.4, 0.5) is 23.7 Å². The molecule has 0 fully saturated rings. The first-order valence-corrected chi connectivity index (χ1v) is 5.74. The molecule has 0 aliphatic carbocycles. The molecule has 2 N–H and O–H groups in total. The number of benzene rings is 1. The molecule has 0 spiro atoms. The van der Waals surface area contributed by atoms with Crippen LogP contribution in [0.3, 0.4) is 0 Å². The molecule has 0 aliphatic heterocycles. The summed E-state index contributed by atoms with van der Waals surface area (Å²) in [5, 5.41) is 4.56. The monoisotopic (exact) mass is 272 g/mol. The van der Waals surface area contributed by atoms with Gasteiger partial charge in [-0.3, -0.25) is 0 Å². The molecule has 3 nitrogen and oxygen atoms in total. The fraction of sp³-hybridized carbons (Fsp3) is 0.308. The Labute approximate surface area is 109 Å². The van der Waals surface area contributed by atoms with Crippen LogP contribution in [0.15, 0.2) is 36.0 Å². The number of urea groups is 1. The van der Waals surface area contributed by atoms with E-state index in [0.29, 0.717) is 0 Å². The number of halogens is 3. The Morgan fingerprint density at radius 2 is 1.95 bits per heavy atom. The molecule has 0 bridgehead atoms. The highest BCUT2D eigenvalue weighted by molar-refractivity contribution is 5.90. The summed E-state index contributed by atoms with van der Waals surface area (Å²) in [6, 6.07) is 4.12. The lowest BCUT2D eigenvalue weighted by Gasteiger charge is -2.13. The van der Waals surface area contributed by atoms with Crippen LogP contribution in [-0.2, 0) is 6.18 Å². The lowest BCUT2D eigenvalue weighted by atomic mass is 10.1. The average molecular weight is 272 g/mol. The molecule has 6 heteroatoms. The highest BCUT2D eigenvalue weighted by atomic mass is 19.4. The average Bonchev–Trinajstić information content (AvgIpc) is 2.35. The van der Waals surface area contributed by atoms with Gasteiger partial charge >= 0.3 is 12.2 Å². The molecule has 0 unspecified atom stereocenters. The van der Waals surface area contributed by atoms with Gasteiger partial charge in [-0.15, -0.1) is 0 Å². The van der Waals surface area contributed by atoms with Crippen LogP contribution in [0.2, 0.25) is 0 Å². The minimum atomic E-state index is -4.50. The first kappa shape index (κ1) is 15.1. The largest absolute Gasteiger partial charge is 0.418 e. The number of anilines is 1. The summed E-state index contributed by atoms with van der Waals surface area (Å²) in [4.78, 5) is 11.5. The summed E-state index contributed by atoms with van der Waals surface area (Å²) in [6.45, 7) is 3.72. The highest BCUT2D eigenvalue weighted by Gasteiger charge is 2.33. The number of nitrogens with one attached hydrogen (secondary N) is 2. The molecule has 0 aliphatic rings. The van der Waals surface area contributed by atoms with Crippen molar-refractivity contribution in [3.05, 3.63) is 41.6 Å². The van der Waals surface area contributed by atoms with Crippen LogP contribution in [0.25, 0.3) is 0 Å². The minimum Gasteiger partial charge on any atom is -0.314 e. The van der Waals surface area contributed by atoms with E-state index in [1.807, 2.05) is 13.8 Å². The van der Waals surface area contributed by atoms with Gasteiger partial charge in [0.05, 0.1) is 11.3 Å². The number of allylic oxidation sites excluding steroid dienone is 1. The molecule has 0 heterocycles. The lowest BCUT2D eigenvalue weighted by molar-refractivity contribution is -0.136. The second-order valence-corrected chi connectivity index (χ2v) is 3.99. The third-order valence-corrected chi connectivity index (χ3v) is 2.49. The van der Waals surface area contributed by atoms with Crippen molar-refractivity contribution in [2.45, 2.75) is 26.4 Å². The maximum Gasteiger partial charge on any atom is 0.418 e. The molecule has 1 rings (SSSR count). The Kier molecular flexibility index (Phi) is 4.97. The van der Waals surface area contributed by atoms with Crippen molar-refractivity contribution in [3.63, 3.8) is 0 Å². The lowest BCUT2D eigenvalue weighted by Crippen LogP contribution is -2.25. The number of amides is 2. The van der Waals surface area contributed by atoms with Crippen LogP contribution < -0.4 is 10.6 Å². The number of carbonyl (C=O) groups is 1. The Balaban J connectivity index is 2.80. The van der Waals surface area contributed by atoms with Crippen LogP contribution >= 0.6 is 0 Å². The van der Waals surface area contributed by atoms with Gasteiger partial charge in [-0.05, 0) is 25.5 Å². The minimum absolute atomic E-state index is 0.268. The van der Waals surface area contributed by atoms with Crippen LogP contribution in [-0.4, -0.2) is 6.03 Å². The van der Waals surface area contributed by atoms with Gasteiger partial charge in [-0.1, -0.05) is 24.6 Å². The Morgan fingerprint density at radius 3 is 2.53 bits per heavy atom. The summed E-state index contributed by atoms with van der Waals surface area (Å²) in [6.07, 6.45) is -2.29. The van der Waals surface area contributed by atoms with Gasteiger partial charge in [-0.2, -0.15) is 13.2 Å². The number of hydrogen-bond acceptors (Lipinski definition) is 1. The predicted molar refractivity (Wildman–Crippen MR) is 67.6 cm³/mol. The van der Waals surface area contributed by atoms with E-state index < -0.39 is 17.8 Å². The first-order chi connectivity index (χ1) is 8.84. The van der Waals surface area contributed by atoms with Gasteiger partial charge in [0, 0.05) is 6.20 Å². The molecule has 0 atom stereocenters. The van der Waals surface area contributed by atoms with Crippen molar-refractivity contribution in [3.8, 4) is 0 Å². The molecule has 0 saturated heterocycles. The van der Waals surface area contributed by atoms with Crippen molar-refractivity contribution < 1.29 is 18.0 Å². The number of alkyl halides is 3. The highest BCUT2D eigenvalue weighted by Crippen LogP contribution is 2.34. The van der Waals surface area contributed by atoms with Gasteiger partial charge in [0.1, 0.15) is 0 Å². The van der Waals surface area contributed by atoms with Crippen LogP contribution in [0.1, 0.15) is 25.8 Å². The second kappa shape index (κ2) is 6.26. The molecule has 0 saturated carbocycles. The van der Waals surface area contributed by atoms with E-state index in [-0.39, 0.29) is 5.69 Å². The van der Waals surface area contributed by atoms with E-state index in [4.69, 9.17) is 0 Å². The van der Waals surface area contributed by atoms with Crippen molar-refractivity contribution in [1.82, 2.24) is 5.32 Å². The first-order valence-electron chi connectivity index (χ1n) is 5.74. The van der Waals surface area contributed by atoms with Gasteiger partial charge in [0.2, 0.25) is 0 Å². The third-order valence-electron chi connectivity index (χ3n) is 2.49. The molecule has 2 amide bonds. The smallest absolute Gasteiger partial charge is 0.314 e. The molecule has 104 valence electrons. The van der Waals surface area contributed by atoms with Gasteiger partial charge in [0.15, 0.2) is 0 Å². The molecule has 1 aromatic rings. The number of para-hydroxylation sites is 1. The van der Waals surface area contributed by atoms with E-state index in [2.05, 4.69) is 10.6 Å². The van der Waals surface area contributed by atoms with E-state index in [0.717, 1.165) is 18.1 Å². The zero-order chi connectivity index (χ0) is 14.5. The van der Waals surface area contributed by atoms with Crippen molar-refractivity contribution in [2.75, 3.05) is 5.32 Å². The zero-order valence-corrected chi connectivity index (χ0v) is 10.6. The summed E-state index contributed by atoms with van der Waals surface area (Å²) in [5.74, 6) is 0. The van der Waals surface area contributed by atoms with E-state index in [1.165, 1.54) is 24.4 Å². The van der Waals surface area contributed by atoms with E-state index in [9.17, 15) is 18.0 Å². The number of rotatable bonds is 3. The van der Waals surface area contributed by atoms with Gasteiger partial charge < -0.3 is 10.6 Å². The summed E-state index contributed by atoms with van der Waals surface area (Å²) < 4.78 is 38.1. The third kappa shape index (κ3) is 4.65. The maximum atomic E-state index is 12.7. The molecular weight excluding hydrogens is 257 g/mol. The van der Waals surface area contributed by atoms with Crippen molar-refractivity contribution in [1.29, 1.82) is 0 Å². The van der Waals surface area contributed by atoms with Crippen LogP contribution in [0, 0.1) is 0 Å². The molecule has 19 heavy (non-hydrogen) atoms. The van der Waals surface area contributed by atoms with E-state index in [1.54, 1.807) is 0 Å².